The lowest BCUT2D eigenvalue weighted by Gasteiger charge is -2.17. The zero-order valence-electron chi connectivity index (χ0n) is 15.4. The summed E-state index contributed by atoms with van der Waals surface area (Å²) in [5.41, 5.74) is 1.52. The molecule has 2 rings (SSSR count). The number of nitrogens with zero attached hydrogens (tertiary/aromatic N) is 2. The zero-order valence-corrected chi connectivity index (χ0v) is 16.2. The summed E-state index contributed by atoms with van der Waals surface area (Å²) in [5.74, 6) is -0.336. The van der Waals surface area contributed by atoms with Gasteiger partial charge >= 0.3 is 5.97 Å². The van der Waals surface area contributed by atoms with Crippen LogP contribution in [0.3, 0.4) is 0 Å². The van der Waals surface area contributed by atoms with Crippen LogP contribution >= 0.6 is 11.3 Å². The normalized spacial score (nSPS) is 11.8. The maximum Gasteiger partial charge on any atom is 0.331 e. The second-order valence-electron chi connectivity index (χ2n) is 6.95. The lowest BCUT2D eigenvalue weighted by atomic mass is 10.1. The van der Waals surface area contributed by atoms with E-state index < -0.39 is 5.60 Å². The van der Waals surface area contributed by atoms with Gasteiger partial charge < -0.3 is 4.74 Å². The molecule has 0 fully saturated rings. The first-order valence-corrected chi connectivity index (χ1v) is 9.53. The van der Waals surface area contributed by atoms with Gasteiger partial charge in [0.2, 0.25) is 0 Å². The quantitative estimate of drug-likeness (QED) is 0.383. The van der Waals surface area contributed by atoms with Gasteiger partial charge in [0.1, 0.15) is 15.6 Å². The van der Waals surface area contributed by atoms with Crippen LogP contribution in [0.5, 0.6) is 0 Å². The molecule has 0 amide bonds. The van der Waals surface area contributed by atoms with Crippen LogP contribution in [0.2, 0.25) is 0 Å². The van der Waals surface area contributed by atoms with Crippen molar-refractivity contribution in [2.45, 2.75) is 59.0 Å². The van der Waals surface area contributed by atoms with Crippen molar-refractivity contribution in [2.75, 3.05) is 0 Å². The molecule has 0 radical (unpaired) electrons. The summed E-state index contributed by atoms with van der Waals surface area (Å²) in [5, 5.41) is 10.6. The number of esters is 1. The fourth-order valence-electron chi connectivity index (χ4n) is 2.23. The Morgan fingerprint density at radius 3 is 2.52 bits per heavy atom. The van der Waals surface area contributed by atoms with Crippen molar-refractivity contribution in [1.82, 2.24) is 10.2 Å². The molecule has 0 N–H and O–H groups in total. The second kappa shape index (κ2) is 8.90. The highest BCUT2D eigenvalue weighted by molar-refractivity contribution is 7.14. The third-order valence-electron chi connectivity index (χ3n) is 3.44. The van der Waals surface area contributed by atoms with Crippen LogP contribution < -0.4 is 0 Å². The average molecular weight is 359 g/mol. The molecule has 0 spiro atoms. The molecule has 0 bridgehead atoms. The molecule has 0 aliphatic heterocycles. The number of hydrogen-bond acceptors (Lipinski definition) is 5. The molecule has 0 aliphatic rings. The molecule has 0 unspecified atom stereocenters. The second-order valence-corrected chi connectivity index (χ2v) is 8.01. The van der Waals surface area contributed by atoms with Crippen LogP contribution in [0.25, 0.3) is 16.6 Å². The van der Waals surface area contributed by atoms with Crippen molar-refractivity contribution >= 4 is 23.4 Å². The first-order valence-electron chi connectivity index (χ1n) is 8.71. The highest BCUT2D eigenvalue weighted by atomic mass is 32.1. The summed E-state index contributed by atoms with van der Waals surface area (Å²) in [6.45, 7) is 7.76. The summed E-state index contributed by atoms with van der Waals surface area (Å²) >= 11 is 1.65. The van der Waals surface area contributed by atoms with Gasteiger partial charge in [0.25, 0.3) is 0 Å². The number of carbonyl (C=O) groups excluding carboxylic acids is 1. The minimum atomic E-state index is -0.474. The lowest BCUT2D eigenvalue weighted by molar-refractivity contribution is -0.148. The maximum atomic E-state index is 11.7. The molecule has 25 heavy (non-hydrogen) atoms. The monoisotopic (exact) mass is 358 g/mol. The van der Waals surface area contributed by atoms with Gasteiger partial charge in [0.05, 0.1) is 0 Å². The summed E-state index contributed by atoms with van der Waals surface area (Å²) in [7, 11) is 0. The minimum absolute atomic E-state index is 0.336. The van der Waals surface area contributed by atoms with E-state index in [1.54, 1.807) is 17.4 Å². The molecule has 5 heteroatoms. The maximum absolute atomic E-state index is 11.7. The van der Waals surface area contributed by atoms with Gasteiger partial charge in [-0.3, -0.25) is 0 Å². The first-order chi connectivity index (χ1) is 11.9. The molecule has 0 aliphatic carbocycles. The van der Waals surface area contributed by atoms with Crippen molar-refractivity contribution in [3.8, 4) is 10.6 Å². The molecule has 0 atom stereocenters. The van der Waals surface area contributed by atoms with E-state index >= 15 is 0 Å². The van der Waals surface area contributed by atoms with E-state index in [0.29, 0.717) is 0 Å². The zero-order chi connectivity index (χ0) is 18.3. The Hall–Kier alpha value is -2.01. The van der Waals surface area contributed by atoms with Crippen LogP contribution in [-0.4, -0.2) is 21.8 Å². The third-order valence-corrected chi connectivity index (χ3v) is 4.47. The van der Waals surface area contributed by atoms with Gasteiger partial charge in [0.15, 0.2) is 0 Å². The molecule has 1 aromatic heterocycles. The summed E-state index contributed by atoms with van der Waals surface area (Å²) in [6.07, 6.45) is 7.82. The van der Waals surface area contributed by atoms with Crippen molar-refractivity contribution in [1.29, 1.82) is 0 Å². The van der Waals surface area contributed by atoms with E-state index in [9.17, 15) is 4.79 Å². The SMILES string of the molecule is CCCCCc1nnc(-c2ccc(/C=C/C(=O)OC(C)(C)C)cc2)s1. The third kappa shape index (κ3) is 6.78. The molecule has 0 saturated heterocycles. The Morgan fingerprint density at radius 2 is 1.88 bits per heavy atom. The number of ether oxygens (including phenoxy) is 1. The lowest BCUT2D eigenvalue weighted by Crippen LogP contribution is -2.22. The summed E-state index contributed by atoms with van der Waals surface area (Å²) in [6, 6.07) is 7.94. The molecular formula is C20H26N2O2S. The van der Waals surface area contributed by atoms with E-state index in [-0.39, 0.29) is 5.97 Å². The van der Waals surface area contributed by atoms with Gasteiger partial charge in [-0.15, -0.1) is 10.2 Å². The standard InChI is InChI=1S/C20H26N2O2S/c1-5-6-7-8-17-21-22-19(25-17)16-12-9-15(10-13-16)11-14-18(23)24-20(2,3)4/h9-14H,5-8H2,1-4H3/b14-11+. The molecular weight excluding hydrogens is 332 g/mol. The Labute approximate surface area is 154 Å². The molecule has 134 valence electrons. The highest BCUT2D eigenvalue weighted by Gasteiger charge is 2.13. The number of benzene rings is 1. The molecule has 2 aromatic rings. The Kier molecular flexibility index (Phi) is 6.88. The Balaban J connectivity index is 1.96. The summed E-state index contributed by atoms with van der Waals surface area (Å²) < 4.78 is 5.25. The number of unbranched alkanes of at least 4 members (excludes halogenated alkanes) is 2. The molecule has 1 aromatic carbocycles. The number of aryl methyl sites for hydroxylation is 1. The van der Waals surface area contributed by atoms with Crippen LogP contribution in [0, 0.1) is 0 Å². The van der Waals surface area contributed by atoms with Crippen LogP contribution in [0.15, 0.2) is 30.3 Å². The van der Waals surface area contributed by atoms with E-state index in [0.717, 1.165) is 27.6 Å². The Morgan fingerprint density at radius 1 is 1.16 bits per heavy atom. The topological polar surface area (TPSA) is 52.1 Å². The smallest absolute Gasteiger partial charge is 0.331 e. The minimum Gasteiger partial charge on any atom is -0.457 e. The van der Waals surface area contributed by atoms with Gasteiger partial charge in [-0.05, 0) is 38.8 Å². The number of hydrogen-bond donors (Lipinski definition) is 0. The number of rotatable bonds is 7. The van der Waals surface area contributed by atoms with Crippen molar-refractivity contribution in [3.05, 3.63) is 40.9 Å². The van der Waals surface area contributed by atoms with E-state index in [1.807, 2.05) is 45.0 Å². The van der Waals surface area contributed by atoms with Crippen molar-refractivity contribution in [2.24, 2.45) is 0 Å². The van der Waals surface area contributed by atoms with E-state index in [4.69, 9.17) is 4.74 Å². The molecule has 0 saturated carbocycles. The van der Waals surface area contributed by atoms with E-state index in [1.165, 1.54) is 25.3 Å². The number of aromatic nitrogens is 2. The Bertz CT molecular complexity index is 712. The van der Waals surface area contributed by atoms with E-state index in [2.05, 4.69) is 17.1 Å². The average Bonchev–Trinajstić information content (AvgIpc) is 3.01. The van der Waals surface area contributed by atoms with Crippen LogP contribution in [-0.2, 0) is 16.0 Å². The van der Waals surface area contributed by atoms with Crippen molar-refractivity contribution in [3.63, 3.8) is 0 Å². The van der Waals surface area contributed by atoms with Crippen molar-refractivity contribution < 1.29 is 9.53 Å². The predicted molar refractivity (Wildman–Crippen MR) is 103 cm³/mol. The van der Waals surface area contributed by atoms with Gasteiger partial charge in [0, 0.05) is 18.1 Å². The van der Waals surface area contributed by atoms with Crippen LogP contribution in [0.4, 0.5) is 0 Å². The van der Waals surface area contributed by atoms with Gasteiger partial charge in [-0.25, -0.2) is 4.79 Å². The van der Waals surface area contributed by atoms with Gasteiger partial charge in [-0.1, -0.05) is 55.4 Å². The molecule has 1 heterocycles. The number of carbonyl (C=O) groups is 1. The first kappa shape index (κ1) is 19.3. The predicted octanol–water partition coefficient (Wildman–Crippen LogP) is 5.29. The fourth-order valence-corrected chi connectivity index (χ4v) is 3.12. The fraction of sp³-hybridized carbons (Fsp3) is 0.450. The largest absolute Gasteiger partial charge is 0.457 e. The highest BCUT2D eigenvalue weighted by Crippen LogP contribution is 2.25. The molecule has 4 nitrogen and oxygen atoms in total. The summed E-state index contributed by atoms with van der Waals surface area (Å²) in [4.78, 5) is 11.7. The van der Waals surface area contributed by atoms with Gasteiger partial charge in [-0.2, -0.15) is 0 Å². The van der Waals surface area contributed by atoms with Crippen LogP contribution in [0.1, 0.15) is 57.5 Å².